The van der Waals surface area contributed by atoms with Gasteiger partial charge >= 0.3 is 5.97 Å². The van der Waals surface area contributed by atoms with Crippen molar-refractivity contribution in [2.45, 2.75) is 45.1 Å². The Bertz CT molecular complexity index is 753. The van der Waals surface area contributed by atoms with Crippen molar-refractivity contribution >= 4 is 12.0 Å². The molecule has 1 aliphatic rings. The first kappa shape index (κ1) is 16.3. The van der Waals surface area contributed by atoms with Crippen LogP contribution in [0.1, 0.15) is 50.8 Å². The van der Waals surface area contributed by atoms with Crippen LogP contribution in [0.15, 0.2) is 36.0 Å². The molecule has 5 heteroatoms. The van der Waals surface area contributed by atoms with Crippen LogP contribution in [0.5, 0.6) is 5.75 Å². The maximum atomic E-state index is 11.1. The number of phenols is 1. The molecule has 0 atom stereocenters. The largest absolute Gasteiger partial charge is 0.508 e. The van der Waals surface area contributed by atoms with Crippen LogP contribution in [0, 0.1) is 0 Å². The molecule has 1 heterocycles. The fourth-order valence-electron chi connectivity index (χ4n) is 3.23. The molecule has 1 aromatic carbocycles. The molecule has 2 N–H and O–H groups in total. The van der Waals surface area contributed by atoms with Gasteiger partial charge in [0.2, 0.25) is 0 Å². The molecule has 5 nitrogen and oxygen atoms in total. The van der Waals surface area contributed by atoms with Crippen LogP contribution in [-0.2, 0) is 4.79 Å². The van der Waals surface area contributed by atoms with Crippen molar-refractivity contribution in [1.29, 1.82) is 0 Å². The molecule has 1 aliphatic carbocycles. The Morgan fingerprint density at radius 1 is 1.21 bits per heavy atom. The van der Waals surface area contributed by atoms with E-state index in [9.17, 15) is 9.90 Å². The van der Waals surface area contributed by atoms with Crippen molar-refractivity contribution in [3.63, 3.8) is 0 Å². The van der Waals surface area contributed by atoms with E-state index in [0.29, 0.717) is 11.7 Å². The fourth-order valence-corrected chi connectivity index (χ4v) is 3.23. The highest BCUT2D eigenvalue weighted by atomic mass is 16.4. The summed E-state index contributed by atoms with van der Waals surface area (Å²) in [5.74, 6) is 0.108. The van der Waals surface area contributed by atoms with Crippen molar-refractivity contribution in [2.75, 3.05) is 0 Å². The number of rotatable bonds is 4. The van der Waals surface area contributed by atoms with Crippen LogP contribution in [0.25, 0.3) is 17.5 Å². The molecular formula is C19H22N2O3. The number of aliphatic carboxylic acids is 1. The Balaban J connectivity index is 2.03. The van der Waals surface area contributed by atoms with Crippen molar-refractivity contribution in [1.82, 2.24) is 9.55 Å². The summed E-state index contributed by atoms with van der Waals surface area (Å²) >= 11 is 0. The zero-order chi connectivity index (χ0) is 17.1. The lowest BCUT2D eigenvalue weighted by Gasteiger charge is -2.24. The average Bonchev–Trinajstić information content (AvgIpc) is 3.00. The van der Waals surface area contributed by atoms with Crippen LogP contribution in [0.3, 0.4) is 0 Å². The van der Waals surface area contributed by atoms with E-state index in [4.69, 9.17) is 5.11 Å². The Labute approximate surface area is 141 Å². The van der Waals surface area contributed by atoms with E-state index in [2.05, 4.69) is 9.55 Å². The zero-order valence-corrected chi connectivity index (χ0v) is 13.8. The van der Waals surface area contributed by atoms with Gasteiger partial charge in [-0.05, 0) is 50.1 Å². The zero-order valence-electron chi connectivity index (χ0n) is 13.8. The SMILES string of the molecule is C/C(=C\c1cn(C2CCCCC2)c(-c2ccc(O)cc2)n1)C(=O)O. The summed E-state index contributed by atoms with van der Waals surface area (Å²) in [6.45, 7) is 1.57. The standard InChI is InChI=1S/C19H22N2O3/c1-13(19(23)24)11-15-12-21(16-5-3-2-4-6-16)18(20-15)14-7-9-17(22)10-8-14/h7-12,16,22H,2-6H2,1H3,(H,23,24)/b13-11+. The smallest absolute Gasteiger partial charge is 0.331 e. The topological polar surface area (TPSA) is 75.3 Å². The van der Waals surface area contributed by atoms with Crippen molar-refractivity contribution in [3.8, 4) is 17.1 Å². The van der Waals surface area contributed by atoms with Gasteiger partial charge in [-0.15, -0.1) is 0 Å². The van der Waals surface area contributed by atoms with Crippen LogP contribution >= 0.6 is 0 Å². The van der Waals surface area contributed by atoms with Gasteiger partial charge in [-0.2, -0.15) is 0 Å². The lowest BCUT2D eigenvalue weighted by Crippen LogP contribution is -2.13. The van der Waals surface area contributed by atoms with Crippen LogP contribution in [-0.4, -0.2) is 25.7 Å². The number of hydrogen-bond donors (Lipinski definition) is 2. The molecule has 2 aromatic rings. The third-order valence-electron chi connectivity index (χ3n) is 4.55. The molecule has 3 rings (SSSR count). The Kier molecular flexibility index (Phi) is 4.69. The minimum atomic E-state index is -0.937. The van der Waals surface area contributed by atoms with Gasteiger partial charge in [-0.25, -0.2) is 9.78 Å². The number of hydrogen-bond acceptors (Lipinski definition) is 3. The number of aromatic hydroxyl groups is 1. The number of benzene rings is 1. The predicted molar refractivity (Wildman–Crippen MR) is 92.7 cm³/mol. The van der Waals surface area contributed by atoms with Gasteiger partial charge in [0, 0.05) is 23.4 Å². The quantitative estimate of drug-likeness (QED) is 0.824. The summed E-state index contributed by atoms with van der Waals surface area (Å²) in [5.41, 5.74) is 1.84. The maximum absolute atomic E-state index is 11.1. The number of carboxylic acids is 1. The molecule has 0 amide bonds. The number of nitrogens with zero attached hydrogens (tertiary/aromatic N) is 2. The molecule has 126 valence electrons. The molecule has 0 saturated heterocycles. The Hall–Kier alpha value is -2.56. The first-order valence-electron chi connectivity index (χ1n) is 8.34. The minimum Gasteiger partial charge on any atom is -0.508 e. The Morgan fingerprint density at radius 3 is 2.50 bits per heavy atom. The molecule has 0 spiro atoms. The summed E-state index contributed by atoms with van der Waals surface area (Å²) in [5, 5.41) is 18.6. The normalized spacial score (nSPS) is 16.3. The second-order valence-electron chi connectivity index (χ2n) is 6.37. The number of carboxylic acid groups (broad SMARTS) is 1. The van der Waals surface area contributed by atoms with Gasteiger partial charge < -0.3 is 14.8 Å². The molecule has 0 bridgehead atoms. The highest BCUT2D eigenvalue weighted by Crippen LogP contribution is 2.33. The molecule has 0 radical (unpaired) electrons. The third kappa shape index (κ3) is 3.50. The van der Waals surface area contributed by atoms with Gasteiger partial charge in [-0.3, -0.25) is 0 Å². The average molecular weight is 326 g/mol. The monoisotopic (exact) mass is 326 g/mol. The molecule has 1 saturated carbocycles. The van der Waals surface area contributed by atoms with Gasteiger partial charge in [0.05, 0.1) is 5.69 Å². The van der Waals surface area contributed by atoms with E-state index in [1.165, 1.54) is 19.3 Å². The summed E-state index contributed by atoms with van der Waals surface area (Å²) < 4.78 is 2.17. The van der Waals surface area contributed by atoms with E-state index >= 15 is 0 Å². The third-order valence-corrected chi connectivity index (χ3v) is 4.55. The number of carbonyl (C=O) groups is 1. The number of aromatic nitrogens is 2. The van der Waals surface area contributed by atoms with E-state index in [1.54, 1.807) is 25.1 Å². The second kappa shape index (κ2) is 6.91. The first-order chi connectivity index (χ1) is 11.5. The van der Waals surface area contributed by atoms with E-state index in [1.807, 2.05) is 18.3 Å². The van der Waals surface area contributed by atoms with Crippen molar-refractivity contribution < 1.29 is 15.0 Å². The van der Waals surface area contributed by atoms with E-state index in [-0.39, 0.29) is 11.3 Å². The number of imidazole rings is 1. The Morgan fingerprint density at radius 2 is 1.88 bits per heavy atom. The number of phenolic OH excluding ortho intramolecular Hbond substituents is 1. The molecule has 0 aliphatic heterocycles. The maximum Gasteiger partial charge on any atom is 0.331 e. The predicted octanol–water partition coefficient (Wildman–Crippen LogP) is 4.25. The second-order valence-corrected chi connectivity index (χ2v) is 6.37. The highest BCUT2D eigenvalue weighted by Gasteiger charge is 2.20. The molecule has 1 aromatic heterocycles. The lowest BCUT2D eigenvalue weighted by atomic mass is 9.95. The highest BCUT2D eigenvalue weighted by molar-refractivity contribution is 5.91. The molecule has 24 heavy (non-hydrogen) atoms. The van der Waals surface area contributed by atoms with Gasteiger partial charge in [0.25, 0.3) is 0 Å². The molecule has 1 fully saturated rings. The van der Waals surface area contributed by atoms with Gasteiger partial charge in [0.1, 0.15) is 11.6 Å². The summed E-state index contributed by atoms with van der Waals surface area (Å²) in [4.78, 5) is 15.7. The van der Waals surface area contributed by atoms with Gasteiger partial charge in [-0.1, -0.05) is 19.3 Å². The summed E-state index contributed by atoms with van der Waals surface area (Å²) in [6, 6.07) is 7.37. The minimum absolute atomic E-state index is 0.219. The van der Waals surface area contributed by atoms with Crippen LogP contribution < -0.4 is 0 Å². The summed E-state index contributed by atoms with van der Waals surface area (Å²) in [6.07, 6.45) is 9.46. The van der Waals surface area contributed by atoms with Crippen LogP contribution in [0.2, 0.25) is 0 Å². The summed E-state index contributed by atoms with van der Waals surface area (Å²) in [7, 11) is 0. The lowest BCUT2D eigenvalue weighted by molar-refractivity contribution is -0.132. The van der Waals surface area contributed by atoms with E-state index in [0.717, 1.165) is 24.2 Å². The fraction of sp³-hybridized carbons (Fsp3) is 0.368. The van der Waals surface area contributed by atoms with Crippen LogP contribution in [0.4, 0.5) is 0 Å². The molecule has 0 unspecified atom stereocenters. The van der Waals surface area contributed by atoms with Crippen molar-refractivity contribution in [2.24, 2.45) is 0 Å². The van der Waals surface area contributed by atoms with Crippen molar-refractivity contribution in [3.05, 3.63) is 41.7 Å². The van der Waals surface area contributed by atoms with Gasteiger partial charge in [0.15, 0.2) is 0 Å². The molecular weight excluding hydrogens is 304 g/mol. The first-order valence-corrected chi connectivity index (χ1v) is 8.34. The van der Waals surface area contributed by atoms with E-state index < -0.39 is 5.97 Å².